The van der Waals surface area contributed by atoms with Crippen LogP contribution in [0.2, 0.25) is 0 Å². The minimum Gasteiger partial charge on any atom is -0.467 e. The number of rotatable bonds is 4. The van der Waals surface area contributed by atoms with Gasteiger partial charge >= 0.3 is 5.97 Å². The normalized spacial score (nSPS) is 20.2. The van der Waals surface area contributed by atoms with Crippen LogP contribution in [0.3, 0.4) is 0 Å². The Morgan fingerprint density at radius 3 is 2.62 bits per heavy atom. The van der Waals surface area contributed by atoms with E-state index in [-0.39, 0.29) is 10.5 Å². The van der Waals surface area contributed by atoms with Gasteiger partial charge in [-0.3, -0.25) is 14.5 Å². The molecule has 1 aromatic rings. The molecule has 8 heteroatoms. The monoisotopic (exact) mass is 378 g/mol. The van der Waals surface area contributed by atoms with Crippen LogP contribution in [0, 0.1) is 5.82 Å². The number of anilines is 1. The highest BCUT2D eigenvalue weighted by molar-refractivity contribution is 8.18. The van der Waals surface area contributed by atoms with E-state index in [9.17, 15) is 18.8 Å². The minimum absolute atomic E-state index is 0.0820. The lowest BCUT2D eigenvalue weighted by atomic mass is 10.1. The van der Waals surface area contributed by atoms with Crippen molar-refractivity contribution in [1.29, 1.82) is 0 Å². The SMILES string of the molecule is COC(=O)[C@H](C)N1C(=O)S/C(=C/c2ccc(N3CCCC3)cc2F)C1=O. The molecular formula is C18H19FN2O4S. The summed E-state index contributed by atoms with van der Waals surface area (Å²) >= 11 is 0.685. The third-order valence-electron chi connectivity index (χ3n) is 4.49. The molecule has 1 aromatic carbocycles. The molecule has 2 heterocycles. The lowest BCUT2D eigenvalue weighted by Gasteiger charge is -2.18. The number of thioether (sulfide) groups is 1. The number of imide groups is 1. The highest BCUT2D eigenvalue weighted by Crippen LogP contribution is 2.34. The van der Waals surface area contributed by atoms with E-state index in [4.69, 9.17) is 0 Å². The van der Waals surface area contributed by atoms with Crippen molar-refractivity contribution < 1.29 is 23.5 Å². The fourth-order valence-electron chi connectivity index (χ4n) is 3.04. The molecule has 2 aliphatic heterocycles. The molecule has 2 aliphatic rings. The molecule has 2 saturated heterocycles. The van der Waals surface area contributed by atoms with Crippen LogP contribution in [0.5, 0.6) is 0 Å². The fraction of sp³-hybridized carbons (Fsp3) is 0.389. The predicted molar refractivity (Wildman–Crippen MR) is 97.1 cm³/mol. The van der Waals surface area contributed by atoms with Gasteiger partial charge in [0.2, 0.25) is 0 Å². The van der Waals surface area contributed by atoms with Gasteiger partial charge in [-0.15, -0.1) is 0 Å². The maximum absolute atomic E-state index is 14.5. The zero-order chi connectivity index (χ0) is 18.8. The van der Waals surface area contributed by atoms with Crippen LogP contribution in [0.4, 0.5) is 14.9 Å². The van der Waals surface area contributed by atoms with Crippen molar-refractivity contribution in [2.24, 2.45) is 0 Å². The first-order valence-corrected chi connectivity index (χ1v) is 9.13. The summed E-state index contributed by atoms with van der Waals surface area (Å²) in [6.45, 7) is 3.22. The van der Waals surface area contributed by atoms with Crippen molar-refractivity contribution in [3.8, 4) is 0 Å². The van der Waals surface area contributed by atoms with Crippen LogP contribution < -0.4 is 4.90 Å². The van der Waals surface area contributed by atoms with Crippen LogP contribution in [0.15, 0.2) is 23.1 Å². The van der Waals surface area contributed by atoms with Gasteiger partial charge in [-0.2, -0.15) is 0 Å². The Hall–Kier alpha value is -2.35. The molecule has 0 N–H and O–H groups in total. The third kappa shape index (κ3) is 3.46. The van der Waals surface area contributed by atoms with Gasteiger partial charge in [0.1, 0.15) is 11.9 Å². The number of nitrogens with zero attached hydrogens (tertiary/aromatic N) is 2. The molecule has 6 nitrogen and oxygen atoms in total. The second kappa shape index (κ2) is 7.49. The van der Waals surface area contributed by atoms with E-state index in [0.29, 0.717) is 11.8 Å². The average molecular weight is 378 g/mol. The van der Waals surface area contributed by atoms with Crippen molar-refractivity contribution >= 4 is 40.6 Å². The highest BCUT2D eigenvalue weighted by Gasteiger charge is 2.41. The molecule has 2 amide bonds. The summed E-state index contributed by atoms with van der Waals surface area (Å²) in [4.78, 5) is 39.2. The molecule has 0 bridgehead atoms. The van der Waals surface area contributed by atoms with Crippen molar-refractivity contribution in [3.63, 3.8) is 0 Å². The lowest BCUT2D eigenvalue weighted by molar-refractivity contribution is -0.148. The molecule has 0 unspecified atom stereocenters. The molecule has 0 spiro atoms. The molecule has 138 valence electrons. The largest absolute Gasteiger partial charge is 0.467 e. The van der Waals surface area contributed by atoms with Crippen molar-refractivity contribution in [2.75, 3.05) is 25.1 Å². The zero-order valence-electron chi connectivity index (χ0n) is 14.5. The summed E-state index contributed by atoms with van der Waals surface area (Å²) in [5.41, 5.74) is 1.04. The second-order valence-corrected chi connectivity index (χ2v) is 7.14. The van der Waals surface area contributed by atoms with Crippen LogP contribution in [0.1, 0.15) is 25.3 Å². The van der Waals surface area contributed by atoms with E-state index in [2.05, 4.69) is 9.64 Å². The summed E-state index contributed by atoms with van der Waals surface area (Å²) in [6.07, 6.45) is 3.53. The molecule has 0 radical (unpaired) electrons. The van der Waals surface area contributed by atoms with E-state index < -0.39 is 29.0 Å². The number of amides is 2. The predicted octanol–water partition coefficient (Wildman–Crippen LogP) is 3.02. The van der Waals surface area contributed by atoms with E-state index in [1.165, 1.54) is 26.2 Å². The number of methoxy groups -OCH3 is 1. The first-order chi connectivity index (χ1) is 12.4. The van der Waals surface area contributed by atoms with Gasteiger partial charge in [0.25, 0.3) is 11.1 Å². The average Bonchev–Trinajstić information content (AvgIpc) is 3.24. The Morgan fingerprint density at radius 2 is 2.00 bits per heavy atom. The maximum atomic E-state index is 14.5. The number of carbonyl (C=O) groups excluding carboxylic acids is 3. The molecular weight excluding hydrogens is 359 g/mol. The number of hydrogen-bond donors (Lipinski definition) is 0. The summed E-state index contributed by atoms with van der Waals surface area (Å²) < 4.78 is 19.0. The quantitative estimate of drug-likeness (QED) is 0.593. The molecule has 0 saturated carbocycles. The highest BCUT2D eigenvalue weighted by atomic mass is 32.2. The number of benzene rings is 1. The molecule has 1 atom stereocenters. The van der Waals surface area contributed by atoms with Crippen LogP contribution in [-0.4, -0.2) is 48.3 Å². The van der Waals surface area contributed by atoms with E-state index >= 15 is 0 Å². The molecule has 3 rings (SSSR count). The van der Waals surface area contributed by atoms with Gasteiger partial charge in [-0.25, -0.2) is 9.18 Å². The maximum Gasteiger partial charge on any atom is 0.328 e. The molecule has 0 aromatic heterocycles. The standard InChI is InChI=1S/C18H19FN2O4S/c1-11(17(23)25-2)21-16(22)15(26-18(21)24)9-12-5-6-13(10-14(12)19)20-7-3-4-8-20/h5-6,9-11H,3-4,7-8H2,1-2H3/b15-9+/t11-/m0/s1. The van der Waals surface area contributed by atoms with Crippen molar-refractivity contribution in [3.05, 3.63) is 34.5 Å². The Labute approximate surface area is 155 Å². The number of esters is 1. The van der Waals surface area contributed by atoms with Crippen LogP contribution in [-0.2, 0) is 14.3 Å². The van der Waals surface area contributed by atoms with Gasteiger partial charge < -0.3 is 9.64 Å². The number of ether oxygens (including phenoxy) is 1. The summed E-state index contributed by atoms with van der Waals surface area (Å²) in [5.74, 6) is -1.77. The van der Waals surface area contributed by atoms with Crippen LogP contribution in [0.25, 0.3) is 6.08 Å². The number of carbonyl (C=O) groups is 3. The van der Waals surface area contributed by atoms with Gasteiger partial charge in [0, 0.05) is 24.3 Å². The van der Waals surface area contributed by atoms with Gasteiger partial charge in [-0.1, -0.05) is 0 Å². The molecule has 0 aliphatic carbocycles. The van der Waals surface area contributed by atoms with Crippen molar-refractivity contribution in [2.45, 2.75) is 25.8 Å². The lowest BCUT2D eigenvalue weighted by Crippen LogP contribution is -2.42. The van der Waals surface area contributed by atoms with E-state index in [1.807, 2.05) is 6.07 Å². The second-order valence-electron chi connectivity index (χ2n) is 6.15. The van der Waals surface area contributed by atoms with Crippen LogP contribution >= 0.6 is 11.8 Å². The smallest absolute Gasteiger partial charge is 0.328 e. The fourth-order valence-corrected chi connectivity index (χ4v) is 3.94. The summed E-state index contributed by atoms with van der Waals surface area (Å²) in [7, 11) is 1.19. The van der Waals surface area contributed by atoms with Gasteiger partial charge in [-0.05, 0) is 55.8 Å². The van der Waals surface area contributed by atoms with E-state index in [1.54, 1.807) is 6.07 Å². The Kier molecular flexibility index (Phi) is 5.31. The van der Waals surface area contributed by atoms with E-state index in [0.717, 1.165) is 36.5 Å². The van der Waals surface area contributed by atoms with Crippen molar-refractivity contribution in [1.82, 2.24) is 4.90 Å². The molecule has 26 heavy (non-hydrogen) atoms. The zero-order valence-corrected chi connectivity index (χ0v) is 15.3. The summed E-state index contributed by atoms with van der Waals surface area (Å²) in [5, 5.41) is -0.576. The first kappa shape index (κ1) is 18.4. The topological polar surface area (TPSA) is 66.9 Å². The Morgan fingerprint density at radius 1 is 1.31 bits per heavy atom. The minimum atomic E-state index is -1.03. The number of hydrogen-bond acceptors (Lipinski definition) is 6. The Balaban J connectivity index is 1.83. The number of halogens is 1. The van der Waals surface area contributed by atoms with Gasteiger partial charge in [0.15, 0.2) is 0 Å². The molecule has 2 fully saturated rings. The third-order valence-corrected chi connectivity index (χ3v) is 5.38. The first-order valence-electron chi connectivity index (χ1n) is 8.31. The van der Waals surface area contributed by atoms with Gasteiger partial charge in [0.05, 0.1) is 12.0 Å². The Bertz CT molecular complexity index is 789. The summed E-state index contributed by atoms with van der Waals surface area (Å²) in [6, 6.07) is 3.82.